The van der Waals surface area contributed by atoms with E-state index in [-0.39, 0.29) is 17.6 Å². The van der Waals surface area contributed by atoms with E-state index in [2.05, 4.69) is 10.2 Å². The van der Waals surface area contributed by atoms with Gasteiger partial charge >= 0.3 is 6.03 Å². The molecule has 0 spiro atoms. The van der Waals surface area contributed by atoms with E-state index in [1.54, 1.807) is 0 Å². The highest BCUT2D eigenvalue weighted by Gasteiger charge is 2.40. The van der Waals surface area contributed by atoms with Crippen LogP contribution in [0.4, 0.5) is 13.6 Å². The minimum atomic E-state index is -0.653. The van der Waals surface area contributed by atoms with Crippen molar-refractivity contribution in [3.63, 3.8) is 0 Å². The predicted molar refractivity (Wildman–Crippen MR) is 107 cm³/mol. The molecule has 6 nitrogen and oxygen atoms in total. The van der Waals surface area contributed by atoms with Gasteiger partial charge in [-0.05, 0) is 50.3 Å². The fraction of sp³-hybridized carbons (Fsp3) is 0.591. The lowest BCUT2D eigenvalue weighted by molar-refractivity contribution is -0.0435. The van der Waals surface area contributed by atoms with Gasteiger partial charge in [-0.3, -0.25) is 4.90 Å². The van der Waals surface area contributed by atoms with Gasteiger partial charge in [-0.25, -0.2) is 13.6 Å². The Kier molecular flexibility index (Phi) is 5.14. The second-order valence-corrected chi connectivity index (χ2v) is 8.79. The second kappa shape index (κ2) is 7.81. The van der Waals surface area contributed by atoms with E-state index in [4.69, 9.17) is 10.5 Å². The zero-order chi connectivity index (χ0) is 20.8. The molecule has 1 saturated carbocycles. The first kappa shape index (κ1) is 19.8. The van der Waals surface area contributed by atoms with Gasteiger partial charge in [0.25, 0.3) is 0 Å². The number of amides is 2. The zero-order valence-electron chi connectivity index (χ0n) is 16.9. The van der Waals surface area contributed by atoms with Gasteiger partial charge in [0.1, 0.15) is 17.7 Å². The summed E-state index contributed by atoms with van der Waals surface area (Å²) < 4.78 is 33.8. The molecule has 0 bridgehead atoms. The smallest absolute Gasteiger partial charge is 0.321 e. The predicted octanol–water partition coefficient (Wildman–Crippen LogP) is 3.01. The lowest BCUT2D eigenvalue weighted by Crippen LogP contribution is -2.49. The summed E-state index contributed by atoms with van der Waals surface area (Å²) in [5.41, 5.74) is 8.87. The topological polar surface area (TPSA) is 70.8 Å². The summed E-state index contributed by atoms with van der Waals surface area (Å²) in [4.78, 5) is 16.9. The number of nitrogens with zero attached hydrogens (tertiary/aromatic N) is 2. The van der Waals surface area contributed by atoms with Crippen molar-refractivity contribution in [2.45, 2.75) is 62.8 Å². The number of nitrogens with one attached hydrogen (secondary N) is 1. The van der Waals surface area contributed by atoms with E-state index in [9.17, 15) is 13.6 Å². The lowest BCUT2D eigenvalue weighted by Gasteiger charge is -2.41. The third-order valence-corrected chi connectivity index (χ3v) is 6.65. The number of hydrogen-bond acceptors (Lipinski definition) is 4. The minimum Gasteiger partial charge on any atom is -0.370 e. The molecule has 0 radical (unpaired) electrons. The number of carbonyl (C=O) groups is 1. The molecule has 5 rings (SSSR count). The van der Waals surface area contributed by atoms with Crippen LogP contribution in [0.2, 0.25) is 0 Å². The monoisotopic (exact) mass is 418 g/mol. The average Bonchev–Trinajstić information content (AvgIpc) is 3.44. The number of halogens is 2. The number of carbonyl (C=O) groups excluding carboxylic acids is 1. The van der Waals surface area contributed by atoms with Crippen LogP contribution in [0.3, 0.4) is 0 Å². The third-order valence-electron chi connectivity index (χ3n) is 6.65. The number of ether oxygens (including phenoxy) is 1. The number of benzene rings is 1. The van der Waals surface area contributed by atoms with Gasteiger partial charge in [0, 0.05) is 48.6 Å². The Balaban J connectivity index is 1.29. The lowest BCUT2D eigenvalue weighted by atomic mass is 9.93. The van der Waals surface area contributed by atoms with Crippen molar-refractivity contribution in [2.75, 3.05) is 19.7 Å². The largest absolute Gasteiger partial charge is 0.370 e. The molecule has 3 aliphatic heterocycles. The van der Waals surface area contributed by atoms with Gasteiger partial charge in [0.2, 0.25) is 0 Å². The van der Waals surface area contributed by atoms with Crippen molar-refractivity contribution in [3.8, 4) is 0 Å². The molecule has 8 heteroatoms. The van der Waals surface area contributed by atoms with Crippen LogP contribution in [0.15, 0.2) is 29.6 Å². The van der Waals surface area contributed by atoms with E-state index < -0.39 is 23.8 Å². The van der Waals surface area contributed by atoms with Crippen LogP contribution < -0.4 is 11.1 Å². The summed E-state index contributed by atoms with van der Waals surface area (Å²) in [6, 6.07) is 3.40. The van der Waals surface area contributed by atoms with E-state index in [1.807, 2.05) is 4.90 Å². The van der Waals surface area contributed by atoms with Gasteiger partial charge in [-0.1, -0.05) is 0 Å². The highest BCUT2D eigenvalue weighted by atomic mass is 19.1. The quantitative estimate of drug-likeness (QED) is 0.792. The van der Waals surface area contributed by atoms with Crippen molar-refractivity contribution in [1.82, 2.24) is 15.1 Å². The summed E-state index contributed by atoms with van der Waals surface area (Å²) in [7, 11) is 0. The number of hydrogen-bond donors (Lipinski definition) is 2. The Morgan fingerprint density at radius 1 is 1.17 bits per heavy atom. The summed E-state index contributed by atoms with van der Waals surface area (Å²) in [6.45, 7) is 1.99. The molecule has 30 heavy (non-hydrogen) atoms. The summed E-state index contributed by atoms with van der Waals surface area (Å²) in [5, 5.41) is 3.09. The van der Waals surface area contributed by atoms with Gasteiger partial charge in [0.05, 0.1) is 12.6 Å². The molecule has 162 valence electrons. The Morgan fingerprint density at radius 3 is 2.77 bits per heavy atom. The first-order valence-electron chi connectivity index (χ1n) is 10.9. The highest BCUT2D eigenvalue weighted by Crippen LogP contribution is 2.39. The number of allylic oxidation sites excluding steroid dienone is 1. The van der Waals surface area contributed by atoms with Gasteiger partial charge in [0.15, 0.2) is 0 Å². The van der Waals surface area contributed by atoms with Crippen LogP contribution in [0.1, 0.15) is 50.2 Å². The van der Waals surface area contributed by atoms with Crippen molar-refractivity contribution < 1.29 is 18.3 Å². The molecule has 4 aliphatic rings. The minimum absolute atomic E-state index is 0.0183. The van der Waals surface area contributed by atoms with Crippen molar-refractivity contribution in [2.24, 2.45) is 5.73 Å². The van der Waals surface area contributed by atoms with Crippen LogP contribution in [0, 0.1) is 11.6 Å². The Bertz CT molecular complexity index is 873. The molecule has 1 aromatic rings. The molecule has 2 fully saturated rings. The Morgan fingerprint density at radius 2 is 2.00 bits per heavy atom. The van der Waals surface area contributed by atoms with E-state index >= 15 is 0 Å². The first-order valence-corrected chi connectivity index (χ1v) is 10.9. The Labute approximate surface area is 175 Å². The molecular formula is C22H28F2N4O2. The van der Waals surface area contributed by atoms with E-state index in [1.165, 1.54) is 11.8 Å². The van der Waals surface area contributed by atoms with Crippen molar-refractivity contribution in [1.29, 1.82) is 0 Å². The van der Waals surface area contributed by atoms with Gasteiger partial charge in [-0.2, -0.15) is 0 Å². The van der Waals surface area contributed by atoms with Gasteiger partial charge in [-0.15, -0.1) is 0 Å². The SMILES string of the molecule is NC1CC(N2CCC3=C2CCCN3C(=O)NC2CC2)COC1c1cc(F)ccc1F. The molecule has 0 aromatic heterocycles. The van der Waals surface area contributed by atoms with Crippen molar-refractivity contribution in [3.05, 3.63) is 46.8 Å². The maximum Gasteiger partial charge on any atom is 0.321 e. The fourth-order valence-corrected chi connectivity index (χ4v) is 5.01. The normalized spacial score (nSPS) is 29.2. The maximum atomic E-state index is 14.2. The van der Waals surface area contributed by atoms with Crippen LogP contribution >= 0.6 is 0 Å². The fourth-order valence-electron chi connectivity index (χ4n) is 5.01. The molecule has 3 atom stereocenters. The summed E-state index contributed by atoms with van der Waals surface area (Å²) in [6.07, 6.45) is 4.83. The number of urea groups is 1. The molecule has 1 aromatic carbocycles. The van der Waals surface area contributed by atoms with E-state index in [0.717, 1.165) is 63.0 Å². The van der Waals surface area contributed by atoms with Crippen LogP contribution in [0.5, 0.6) is 0 Å². The number of rotatable bonds is 3. The van der Waals surface area contributed by atoms with Crippen molar-refractivity contribution >= 4 is 6.03 Å². The molecular weight excluding hydrogens is 390 g/mol. The second-order valence-electron chi connectivity index (χ2n) is 8.79. The molecule has 1 aliphatic carbocycles. The number of nitrogens with two attached hydrogens (primary N) is 1. The van der Waals surface area contributed by atoms with Crippen LogP contribution in [0.25, 0.3) is 0 Å². The summed E-state index contributed by atoms with van der Waals surface area (Å²) in [5.74, 6) is -0.989. The molecule has 3 N–H and O–H groups in total. The standard InChI is InChI=1S/C22H28F2N4O2/c23-13-3-6-17(24)16(10-13)21-18(25)11-15(12-30-21)27-9-7-20-19(27)2-1-8-28(20)22(29)26-14-4-5-14/h3,6,10,14-15,18,21H,1-2,4-5,7-9,11-12,25H2,(H,26,29). The summed E-state index contributed by atoms with van der Waals surface area (Å²) >= 11 is 0. The average molecular weight is 418 g/mol. The first-order chi connectivity index (χ1) is 14.5. The third kappa shape index (κ3) is 3.67. The van der Waals surface area contributed by atoms with E-state index in [0.29, 0.717) is 19.1 Å². The zero-order valence-corrected chi connectivity index (χ0v) is 16.9. The molecule has 2 amide bonds. The molecule has 3 heterocycles. The van der Waals surface area contributed by atoms with Crippen LogP contribution in [-0.2, 0) is 4.74 Å². The Hall–Kier alpha value is -2.19. The molecule has 1 saturated heterocycles. The maximum absolute atomic E-state index is 14.2. The highest BCUT2D eigenvalue weighted by molar-refractivity contribution is 5.77. The molecule has 3 unspecified atom stereocenters. The van der Waals surface area contributed by atoms with Crippen LogP contribution in [-0.4, -0.2) is 53.7 Å². The van der Waals surface area contributed by atoms with Gasteiger partial charge < -0.3 is 20.7 Å².